The monoisotopic (exact) mass is 280 g/mol. The highest BCUT2D eigenvalue weighted by atomic mass is 16.7. The van der Waals surface area contributed by atoms with Crippen LogP contribution in [0.25, 0.3) is 0 Å². The third-order valence-electron chi connectivity index (χ3n) is 2.16. The maximum atomic E-state index is 11.9. The summed E-state index contributed by atoms with van der Waals surface area (Å²) < 4.78 is 5.10. The van der Waals surface area contributed by atoms with E-state index in [1.165, 1.54) is 0 Å². The van der Waals surface area contributed by atoms with Gasteiger partial charge < -0.3 is 10.5 Å². The Bertz CT molecular complexity index is 454. The summed E-state index contributed by atoms with van der Waals surface area (Å²) in [6.45, 7) is 4.84. The van der Waals surface area contributed by atoms with Gasteiger partial charge in [-0.05, 0) is 26.3 Å². The second kappa shape index (κ2) is 7.02. The van der Waals surface area contributed by atoms with Gasteiger partial charge in [-0.1, -0.05) is 30.3 Å². The van der Waals surface area contributed by atoms with Crippen LogP contribution in [0.3, 0.4) is 0 Å². The molecule has 1 aromatic rings. The summed E-state index contributed by atoms with van der Waals surface area (Å²) in [5, 5.41) is 0.568. The van der Waals surface area contributed by atoms with Crippen LogP contribution < -0.4 is 5.73 Å². The van der Waals surface area contributed by atoms with Crippen molar-refractivity contribution in [3.05, 3.63) is 35.9 Å². The van der Waals surface area contributed by atoms with Crippen LogP contribution >= 0.6 is 0 Å². The number of amides is 2. The van der Waals surface area contributed by atoms with E-state index in [0.717, 1.165) is 5.56 Å². The van der Waals surface area contributed by atoms with Crippen molar-refractivity contribution in [2.24, 2.45) is 5.73 Å². The number of hydrogen-bond donors (Lipinski definition) is 1. The van der Waals surface area contributed by atoms with Gasteiger partial charge in [-0.2, -0.15) is 0 Å². The van der Waals surface area contributed by atoms with E-state index >= 15 is 0 Å². The van der Waals surface area contributed by atoms with Crippen LogP contribution in [0, 0.1) is 0 Å². The molecule has 110 valence electrons. The normalized spacial score (nSPS) is 11.0. The van der Waals surface area contributed by atoms with Crippen LogP contribution in [0.15, 0.2) is 30.3 Å². The van der Waals surface area contributed by atoms with Gasteiger partial charge in [0.1, 0.15) is 12.2 Å². The standard InChI is InChI=1S/C14H20N2O4/c1-14(2,3)20-13(18)16(12(17)9-15)19-10-11-7-5-4-6-8-11/h4-8H,9-10,15H2,1-3H3. The van der Waals surface area contributed by atoms with Crippen molar-refractivity contribution in [2.45, 2.75) is 33.0 Å². The summed E-state index contributed by atoms with van der Waals surface area (Å²) in [5.41, 5.74) is 5.37. The molecule has 0 bridgehead atoms. The minimum Gasteiger partial charge on any atom is -0.442 e. The molecule has 0 aliphatic carbocycles. The quantitative estimate of drug-likeness (QED) is 0.851. The van der Waals surface area contributed by atoms with Crippen molar-refractivity contribution in [2.75, 3.05) is 6.54 Å². The fourth-order valence-electron chi connectivity index (χ4n) is 1.33. The number of benzene rings is 1. The molecule has 0 aliphatic rings. The fraction of sp³-hybridized carbons (Fsp3) is 0.429. The Labute approximate surface area is 118 Å². The average molecular weight is 280 g/mol. The molecule has 0 heterocycles. The zero-order valence-corrected chi connectivity index (χ0v) is 12.0. The van der Waals surface area contributed by atoms with Gasteiger partial charge in [-0.3, -0.25) is 9.63 Å². The van der Waals surface area contributed by atoms with Crippen LogP contribution in [0.4, 0.5) is 4.79 Å². The highest BCUT2D eigenvalue weighted by molar-refractivity contribution is 5.91. The lowest BCUT2D eigenvalue weighted by molar-refractivity contribution is -0.181. The maximum Gasteiger partial charge on any atom is 0.442 e. The first-order valence-electron chi connectivity index (χ1n) is 6.26. The molecule has 2 amide bonds. The molecule has 0 fully saturated rings. The van der Waals surface area contributed by atoms with Gasteiger partial charge in [0, 0.05) is 0 Å². The topological polar surface area (TPSA) is 81.9 Å². The molecule has 2 N–H and O–H groups in total. The van der Waals surface area contributed by atoms with Crippen LogP contribution in [0.1, 0.15) is 26.3 Å². The summed E-state index contributed by atoms with van der Waals surface area (Å²) in [4.78, 5) is 28.7. The molecule has 0 spiro atoms. The van der Waals surface area contributed by atoms with E-state index < -0.39 is 17.6 Å². The van der Waals surface area contributed by atoms with Crippen LogP contribution in [0.5, 0.6) is 0 Å². The molecule has 0 aliphatic heterocycles. The molecular weight excluding hydrogens is 260 g/mol. The number of nitrogens with two attached hydrogens (primary N) is 1. The Morgan fingerprint density at radius 3 is 2.30 bits per heavy atom. The Hall–Kier alpha value is -1.92. The Balaban J connectivity index is 2.70. The van der Waals surface area contributed by atoms with Crippen molar-refractivity contribution < 1.29 is 19.2 Å². The molecular formula is C14H20N2O4. The first-order chi connectivity index (χ1) is 9.33. The highest BCUT2D eigenvalue weighted by Gasteiger charge is 2.27. The first kappa shape index (κ1) is 16.1. The summed E-state index contributed by atoms with van der Waals surface area (Å²) in [6.07, 6.45) is -0.871. The van der Waals surface area contributed by atoms with E-state index in [1.807, 2.05) is 30.3 Å². The summed E-state index contributed by atoms with van der Waals surface area (Å²) in [5.74, 6) is -0.657. The minimum atomic E-state index is -0.871. The van der Waals surface area contributed by atoms with E-state index in [4.69, 9.17) is 15.3 Å². The van der Waals surface area contributed by atoms with E-state index in [-0.39, 0.29) is 13.2 Å². The number of carbonyl (C=O) groups excluding carboxylic acids is 2. The second-order valence-electron chi connectivity index (χ2n) is 5.13. The summed E-state index contributed by atoms with van der Waals surface area (Å²) >= 11 is 0. The lowest BCUT2D eigenvalue weighted by Crippen LogP contribution is -2.43. The molecule has 1 rings (SSSR count). The number of hydroxylamine groups is 2. The van der Waals surface area contributed by atoms with Crippen LogP contribution in [-0.4, -0.2) is 29.2 Å². The van der Waals surface area contributed by atoms with Gasteiger partial charge in [0.25, 0.3) is 5.91 Å². The molecule has 0 saturated carbocycles. The van der Waals surface area contributed by atoms with Gasteiger partial charge in [-0.15, -0.1) is 5.06 Å². The van der Waals surface area contributed by atoms with Crippen molar-refractivity contribution in [3.63, 3.8) is 0 Å². The van der Waals surface area contributed by atoms with E-state index in [9.17, 15) is 9.59 Å². The van der Waals surface area contributed by atoms with E-state index in [2.05, 4.69) is 0 Å². The third-order valence-corrected chi connectivity index (χ3v) is 2.16. The molecule has 6 nitrogen and oxygen atoms in total. The Morgan fingerprint density at radius 1 is 1.20 bits per heavy atom. The Kier molecular flexibility index (Phi) is 5.66. The maximum absolute atomic E-state index is 11.9. The zero-order valence-electron chi connectivity index (χ0n) is 12.0. The fourth-order valence-corrected chi connectivity index (χ4v) is 1.33. The van der Waals surface area contributed by atoms with Gasteiger partial charge in [0.15, 0.2) is 0 Å². The lowest BCUT2D eigenvalue weighted by Gasteiger charge is -2.25. The molecule has 0 saturated heterocycles. The average Bonchev–Trinajstić information content (AvgIpc) is 2.37. The predicted octanol–water partition coefficient (Wildman–Crippen LogP) is 1.84. The predicted molar refractivity (Wildman–Crippen MR) is 73.4 cm³/mol. The van der Waals surface area contributed by atoms with Gasteiger partial charge in [-0.25, -0.2) is 4.79 Å². The second-order valence-corrected chi connectivity index (χ2v) is 5.13. The van der Waals surface area contributed by atoms with Crippen LogP contribution in [0.2, 0.25) is 0 Å². The molecule has 1 aromatic carbocycles. The molecule has 0 atom stereocenters. The largest absolute Gasteiger partial charge is 0.442 e. The van der Waals surface area contributed by atoms with Crippen molar-refractivity contribution in [3.8, 4) is 0 Å². The summed E-state index contributed by atoms with van der Waals surface area (Å²) in [7, 11) is 0. The van der Waals surface area contributed by atoms with Crippen molar-refractivity contribution >= 4 is 12.0 Å². The van der Waals surface area contributed by atoms with E-state index in [1.54, 1.807) is 20.8 Å². The number of carbonyl (C=O) groups is 2. The number of rotatable bonds is 4. The molecule has 6 heteroatoms. The smallest absolute Gasteiger partial charge is 0.442 e. The van der Waals surface area contributed by atoms with Crippen LogP contribution in [-0.2, 0) is 21.0 Å². The number of nitrogens with zero attached hydrogens (tertiary/aromatic N) is 1. The zero-order chi connectivity index (χ0) is 15.2. The number of imide groups is 1. The van der Waals surface area contributed by atoms with Gasteiger partial charge in [0.05, 0.1) is 6.54 Å². The molecule has 20 heavy (non-hydrogen) atoms. The van der Waals surface area contributed by atoms with Crippen molar-refractivity contribution in [1.82, 2.24) is 5.06 Å². The van der Waals surface area contributed by atoms with Gasteiger partial charge in [0.2, 0.25) is 0 Å². The summed E-state index contributed by atoms with van der Waals surface area (Å²) in [6, 6.07) is 9.17. The molecule has 0 aromatic heterocycles. The molecule has 0 unspecified atom stereocenters. The third kappa shape index (κ3) is 5.38. The lowest BCUT2D eigenvalue weighted by atomic mass is 10.2. The first-order valence-corrected chi connectivity index (χ1v) is 6.26. The van der Waals surface area contributed by atoms with E-state index in [0.29, 0.717) is 5.06 Å². The van der Waals surface area contributed by atoms with Crippen molar-refractivity contribution in [1.29, 1.82) is 0 Å². The number of hydrogen-bond acceptors (Lipinski definition) is 5. The number of ether oxygens (including phenoxy) is 1. The van der Waals surface area contributed by atoms with Gasteiger partial charge >= 0.3 is 6.09 Å². The Morgan fingerprint density at radius 2 is 1.80 bits per heavy atom. The minimum absolute atomic E-state index is 0.0752. The SMILES string of the molecule is CC(C)(C)OC(=O)N(OCc1ccccc1)C(=O)CN. The molecule has 0 radical (unpaired) electrons. The highest BCUT2D eigenvalue weighted by Crippen LogP contribution is 2.11.